The van der Waals surface area contributed by atoms with Crippen LogP contribution >= 0.6 is 12.4 Å². The Bertz CT molecular complexity index is 247. The van der Waals surface area contributed by atoms with E-state index >= 15 is 0 Å². The smallest absolute Gasteiger partial charge is 0.250 e. The number of morpholine rings is 1. The van der Waals surface area contributed by atoms with Crippen molar-refractivity contribution in [3.05, 3.63) is 0 Å². The zero-order valence-corrected chi connectivity index (χ0v) is 10.7. The van der Waals surface area contributed by atoms with Gasteiger partial charge in [0.15, 0.2) is 0 Å². The normalized spacial score (nSPS) is 32.9. The molecule has 17 heavy (non-hydrogen) atoms. The van der Waals surface area contributed by atoms with Gasteiger partial charge in [-0.3, -0.25) is 4.79 Å². The second kappa shape index (κ2) is 7.16. The van der Waals surface area contributed by atoms with Gasteiger partial charge in [-0.15, -0.1) is 12.4 Å². The fourth-order valence-electron chi connectivity index (χ4n) is 2.33. The van der Waals surface area contributed by atoms with Crippen LogP contribution in [0.5, 0.6) is 0 Å². The van der Waals surface area contributed by atoms with Crippen molar-refractivity contribution in [2.24, 2.45) is 5.92 Å². The SMILES string of the molecule is Cl.O=C(NCC1CCCC1O)C1CNCCO1. The van der Waals surface area contributed by atoms with Gasteiger partial charge < -0.3 is 20.5 Å². The molecule has 0 aromatic carbocycles. The Morgan fingerprint density at radius 1 is 1.47 bits per heavy atom. The molecule has 1 saturated heterocycles. The average molecular weight is 265 g/mol. The number of carbonyl (C=O) groups excluding carboxylic acids is 1. The summed E-state index contributed by atoms with van der Waals surface area (Å²) >= 11 is 0. The zero-order chi connectivity index (χ0) is 11.4. The molecule has 0 spiro atoms. The number of nitrogens with one attached hydrogen (secondary N) is 2. The van der Waals surface area contributed by atoms with Crippen molar-refractivity contribution in [1.29, 1.82) is 0 Å². The van der Waals surface area contributed by atoms with Crippen LogP contribution in [0.3, 0.4) is 0 Å². The minimum Gasteiger partial charge on any atom is -0.393 e. The van der Waals surface area contributed by atoms with Crippen LogP contribution in [0.2, 0.25) is 0 Å². The standard InChI is InChI=1S/C11H20N2O3.ClH/c14-9-3-1-2-8(9)6-13-11(15)10-7-12-4-5-16-10;/h8-10,12,14H,1-7H2,(H,13,15);1H. The van der Waals surface area contributed by atoms with Crippen molar-refractivity contribution >= 4 is 18.3 Å². The molecule has 1 aliphatic heterocycles. The Balaban J connectivity index is 0.00000144. The summed E-state index contributed by atoms with van der Waals surface area (Å²) < 4.78 is 5.34. The van der Waals surface area contributed by atoms with Gasteiger partial charge in [0.1, 0.15) is 6.10 Å². The fraction of sp³-hybridized carbons (Fsp3) is 0.909. The first-order valence-corrected chi connectivity index (χ1v) is 6.05. The van der Waals surface area contributed by atoms with Gasteiger partial charge in [-0.05, 0) is 12.8 Å². The lowest BCUT2D eigenvalue weighted by Gasteiger charge is -2.24. The molecular weight excluding hydrogens is 244 g/mol. The number of carbonyl (C=O) groups is 1. The van der Waals surface area contributed by atoms with Crippen LogP contribution in [0, 0.1) is 5.92 Å². The van der Waals surface area contributed by atoms with E-state index in [-0.39, 0.29) is 36.4 Å². The first-order valence-electron chi connectivity index (χ1n) is 6.05. The van der Waals surface area contributed by atoms with Crippen LogP contribution < -0.4 is 10.6 Å². The summed E-state index contributed by atoms with van der Waals surface area (Å²) in [5.74, 6) is 0.159. The molecule has 2 fully saturated rings. The fourth-order valence-corrected chi connectivity index (χ4v) is 2.33. The molecule has 1 aliphatic carbocycles. The van der Waals surface area contributed by atoms with E-state index < -0.39 is 0 Å². The molecule has 0 radical (unpaired) electrons. The monoisotopic (exact) mass is 264 g/mol. The maximum Gasteiger partial charge on any atom is 0.250 e. The predicted molar refractivity (Wildman–Crippen MR) is 66.2 cm³/mol. The maximum atomic E-state index is 11.7. The van der Waals surface area contributed by atoms with E-state index in [2.05, 4.69) is 10.6 Å². The van der Waals surface area contributed by atoms with Crippen LogP contribution in [0.4, 0.5) is 0 Å². The summed E-state index contributed by atoms with van der Waals surface area (Å²) in [6, 6.07) is 0. The Hall–Kier alpha value is -0.360. The van der Waals surface area contributed by atoms with Crippen LogP contribution in [0.1, 0.15) is 19.3 Å². The van der Waals surface area contributed by atoms with E-state index in [4.69, 9.17) is 4.74 Å². The molecule has 5 nitrogen and oxygen atoms in total. The summed E-state index contributed by atoms with van der Waals surface area (Å²) in [5, 5.41) is 15.6. The van der Waals surface area contributed by atoms with Gasteiger partial charge in [-0.2, -0.15) is 0 Å². The Labute approximate surface area is 108 Å². The third kappa shape index (κ3) is 4.10. The number of aliphatic hydroxyl groups is 1. The first kappa shape index (κ1) is 14.7. The highest BCUT2D eigenvalue weighted by atomic mass is 35.5. The highest BCUT2D eigenvalue weighted by Crippen LogP contribution is 2.24. The third-order valence-corrected chi connectivity index (χ3v) is 3.38. The molecule has 0 aromatic rings. The van der Waals surface area contributed by atoms with Gasteiger partial charge in [0.25, 0.3) is 0 Å². The number of rotatable bonds is 3. The summed E-state index contributed by atoms with van der Waals surface area (Å²) in [6.07, 6.45) is 2.31. The molecule has 1 saturated carbocycles. The van der Waals surface area contributed by atoms with Crippen molar-refractivity contribution in [3.8, 4) is 0 Å². The van der Waals surface area contributed by atoms with E-state index in [0.29, 0.717) is 19.7 Å². The number of aliphatic hydroxyl groups excluding tert-OH is 1. The Morgan fingerprint density at radius 3 is 2.88 bits per heavy atom. The largest absolute Gasteiger partial charge is 0.393 e. The number of hydrogen-bond acceptors (Lipinski definition) is 4. The van der Waals surface area contributed by atoms with Gasteiger partial charge in [-0.1, -0.05) is 6.42 Å². The van der Waals surface area contributed by atoms with E-state index in [9.17, 15) is 9.90 Å². The van der Waals surface area contributed by atoms with Crippen LogP contribution in [-0.4, -0.2) is 49.5 Å². The molecule has 3 N–H and O–H groups in total. The molecule has 2 aliphatic rings. The summed E-state index contributed by atoms with van der Waals surface area (Å²) in [6.45, 7) is 2.55. The van der Waals surface area contributed by atoms with Gasteiger partial charge in [0, 0.05) is 25.6 Å². The molecule has 0 bridgehead atoms. The second-order valence-corrected chi connectivity index (χ2v) is 4.57. The number of ether oxygens (including phenoxy) is 1. The highest BCUT2D eigenvalue weighted by molar-refractivity contribution is 5.85. The van der Waals surface area contributed by atoms with Gasteiger partial charge in [0.05, 0.1) is 12.7 Å². The molecule has 1 amide bonds. The zero-order valence-electron chi connectivity index (χ0n) is 9.85. The number of hydrogen-bond donors (Lipinski definition) is 3. The molecule has 1 heterocycles. The van der Waals surface area contributed by atoms with E-state index in [0.717, 1.165) is 25.8 Å². The summed E-state index contributed by atoms with van der Waals surface area (Å²) in [7, 11) is 0. The van der Waals surface area contributed by atoms with E-state index in [1.807, 2.05) is 0 Å². The third-order valence-electron chi connectivity index (χ3n) is 3.38. The van der Waals surface area contributed by atoms with Crippen LogP contribution in [0.25, 0.3) is 0 Å². The molecule has 0 aromatic heterocycles. The highest BCUT2D eigenvalue weighted by Gasteiger charge is 2.27. The molecule has 3 atom stereocenters. The van der Waals surface area contributed by atoms with Gasteiger partial charge >= 0.3 is 0 Å². The average Bonchev–Trinajstić information content (AvgIpc) is 2.73. The topological polar surface area (TPSA) is 70.6 Å². The van der Waals surface area contributed by atoms with Crippen LogP contribution in [0.15, 0.2) is 0 Å². The van der Waals surface area contributed by atoms with E-state index in [1.165, 1.54) is 0 Å². The minimum atomic E-state index is -0.368. The number of amides is 1. The van der Waals surface area contributed by atoms with Crippen molar-refractivity contribution in [3.63, 3.8) is 0 Å². The summed E-state index contributed by atoms with van der Waals surface area (Å²) in [4.78, 5) is 11.7. The van der Waals surface area contributed by atoms with Gasteiger partial charge in [-0.25, -0.2) is 0 Å². The number of halogens is 1. The quantitative estimate of drug-likeness (QED) is 0.653. The van der Waals surface area contributed by atoms with E-state index in [1.54, 1.807) is 0 Å². The van der Waals surface area contributed by atoms with Crippen LogP contribution in [-0.2, 0) is 9.53 Å². The van der Waals surface area contributed by atoms with Crippen molar-refractivity contribution in [2.45, 2.75) is 31.5 Å². The lowest BCUT2D eigenvalue weighted by molar-refractivity contribution is -0.134. The lowest BCUT2D eigenvalue weighted by Crippen LogP contribution is -2.49. The maximum absolute atomic E-state index is 11.7. The molecule has 2 rings (SSSR count). The first-order chi connectivity index (χ1) is 7.77. The molecule has 3 unspecified atom stereocenters. The van der Waals surface area contributed by atoms with Crippen molar-refractivity contribution in [2.75, 3.05) is 26.2 Å². The molecule has 100 valence electrons. The lowest BCUT2D eigenvalue weighted by atomic mass is 10.1. The minimum absolute atomic E-state index is 0. The summed E-state index contributed by atoms with van der Waals surface area (Å²) in [5.41, 5.74) is 0. The van der Waals surface area contributed by atoms with Crippen molar-refractivity contribution < 1.29 is 14.6 Å². The Morgan fingerprint density at radius 2 is 2.29 bits per heavy atom. The Kier molecular flexibility index (Phi) is 6.19. The predicted octanol–water partition coefficient (Wildman–Crippen LogP) is -0.326. The second-order valence-electron chi connectivity index (χ2n) is 4.57. The van der Waals surface area contributed by atoms with Gasteiger partial charge in [0.2, 0.25) is 5.91 Å². The molecular formula is C11H21ClN2O3. The van der Waals surface area contributed by atoms with Crippen molar-refractivity contribution in [1.82, 2.24) is 10.6 Å². The molecule has 6 heteroatoms.